The van der Waals surface area contributed by atoms with Crippen molar-refractivity contribution in [1.29, 1.82) is 0 Å². The predicted molar refractivity (Wildman–Crippen MR) is 51.0 cm³/mol. The molecule has 6 nitrogen and oxygen atoms in total. The lowest BCUT2D eigenvalue weighted by Gasteiger charge is -2.14. The monoisotopic (exact) mass is 223 g/mol. The number of hydrogen-bond donors (Lipinski definition) is 5. The summed E-state index contributed by atoms with van der Waals surface area (Å²) in [6.45, 7) is -1.11. The largest absolute Gasteiger partial charge is 0.394 e. The first-order valence-electron chi connectivity index (χ1n) is 3.90. The number of ketones is 1. The highest BCUT2D eigenvalue weighted by Gasteiger charge is 2.23. The number of rotatable bonds is 6. The van der Waals surface area contributed by atoms with Gasteiger partial charge in [-0.25, -0.2) is 0 Å². The molecular formula is C7H13NO5S. The van der Waals surface area contributed by atoms with Crippen molar-refractivity contribution < 1.29 is 24.9 Å². The number of hydrogen-bond acceptors (Lipinski definition) is 6. The molecule has 0 fully saturated rings. The van der Waals surface area contributed by atoms with Crippen LogP contribution in [-0.2, 0) is 9.59 Å². The number of thiol groups is 1. The van der Waals surface area contributed by atoms with Crippen LogP contribution in [0.2, 0.25) is 0 Å². The molecule has 0 saturated heterocycles. The summed E-state index contributed by atoms with van der Waals surface area (Å²) in [6.07, 6.45) is -3.20. The molecule has 0 saturated carbocycles. The molecule has 2 atom stereocenters. The second-order valence-corrected chi connectivity index (χ2v) is 2.91. The molecule has 82 valence electrons. The van der Waals surface area contributed by atoms with Crippen LogP contribution in [0.15, 0.2) is 0 Å². The molecule has 0 aromatic heterocycles. The number of aliphatic hydroxyl groups is 3. The number of amides is 1. The molecule has 7 heteroatoms. The summed E-state index contributed by atoms with van der Waals surface area (Å²) in [4.78, 5) is 21.6. The first kappa shape index (κ1) is 13.4. The lowest BCUT2D eigenvalue weighted by Crippen LogP contribution is -2.42. The zero-order valence-electron chi connectivity index (χ0n) is 7.38. The molecule has 0 aliphatic heterocycles. The van der Waals surface area contributed by atoms with Gasteiger partial charge in [0.15, 0.2) is 5.78 Å². The number of carbonyl (C=O) groups is 2. The van der Waals surface area contributed by atoms with Gasteiger partial charge in [0, 0.05) is 0 Å². The average Bonchev–Trinajstić information content (AvgIpc) is 2.22. The molecule has 0 aromatic rings. The zero-order valence-corrected chi connectivity index (χ0v) is 8.28. The third-order valence-corrected chi connectivity index (χ3v) is 1.77. The molecule has 2 unspecified atom stereocenters. The maximum Gasteiger partial charge on any atom is 0.230 e. The Morgan fingerprint density at radius 2 is 1.93 bits per heavy atom. The predicted octanol–water partition coefficient (Wildman–Crippen LogP) is -2.68. The zero-order chi connectivity index (χ0) is 11.1. The van der Waals surface area contributed by atoms with Crippen molar-refractivity contribution >= 4 is 24.3 Å². The van der Waals surface area contributed by atoms with Gasteiger partial charge in [-0.15, -0.1) is 0 Å². The van der Waals surface area contributed by atoms with Gasteiger partial charge in [0.05, 0.1) is 18.9 Å². The average molecular weight is 223 g/mol. The van der Waals surface area contributed by atoms with Crippen molar-refractivity contribution in [1.82, 2.24) is 5.32 Å². The van der Waals surface area contributed by atoms with E-state index < -0.39 is 37.0 Å². The minimum absolute atomic E-state index is 0.0636. The van der Waals surface area contributed by atoms with Crippen molar-refractivity contribution in [3.8, 4) is 0 Å². The van der Waals surface area contributed by atoms with Gasteiger partial charge in [-0.2, -0.15) is 12.6 Å². The van der Waals surface area contributed by atoms with Gasteiger partial charge >= 0.3 is 0 Å². The van der Waals surface area contributed by atoms with E-state index in [2.05, 4.69) is 17.9 Å². The summed E-state index contributed by atoms with van der Waals surface area (Å²) < 4.78 is 0. The fourth-order valence-corrected chi connectivity index (χ4v) is 0.772. The van der Waals surface area contributed by atoms with Gasteiger partial charge < -0.3 is 20.6 Å². The van der Waals surface area contributed by atoms with Crippen LogP contribution < -0.4 is 5.32 Å². The Hall–Kier alpha value is -0.630. The molecule has 0 bridgehead atoms. The Kier molecular flexibility index (Phi) is 6.46. The molecule has 4 N–H and O–H groups in total. The van der Waals surface area contributed by atoms with E-state index >= 15 is 0 Å². The highest BCUT2D eigenvalue weighted by Crippen LogP contribution is 1.93. The molecule has 1 amide bonds. The Morgan fingerprint density at radius 1 is 1.36 bits per heavy atom. The second-order valence-electron chi connectivity index (χ2n) is 2.60. The van der Waals surface area contributed by atoms with E-state index in [9.17, 15) is 9.59 Å². The first-order chi connectivity index (χ1) is 6.52. The van der Waals surface area contributed by atoms with Gasteiger partial charge in [-0.1, -0.05) is 0 Å². The van der Waals surface area contributed by atoms with Gasteiger partial charge in [0.25, 0.3) is 0 Å². The third-order valence-electron chi connectivity index (χ3n) is 1.48. The molecule has 0 rings (SSSR count). The highest BCUT2D eigenvalue weighted by molar-refractivity contribution is 7.81. The van der Waals surface area contributed by atoms with Crippen molar-refractivity contribution in [3.05, 3.63) is 0 Å². The van der Waals surface area contributed by atoms with Crippen molar-refractivity contribution in [3.63, 3.8) is 0 Å². The van der Waals surface area contributed by atoms with E-state index in [1.165, 1.54) is 0 Å². The minimum Gasteiger partial charge on any atom is -0.394 e. The smallest absolute Gasteiger partial charge is 0.230 e. The van der Waals surface area contributed by atoms with Gasteiger partial charge in [0.2, 0.25) is 5.91 Å². The number of Topliss-reactive ketones (excluding diaryl/α,β-unsaturated/α-hetero) is 1. The van der Waals surface area contributed by atoms with E-state index in [1.807, 2.05) is 0 Å². The van der Waals surface area contributed by atoms with Gasteiger partial charge in [-0.05, 0) is 0 Å². The van der Waals surface area contributed by atoms with Crippen LogP contribution in [0.1, 0.15) is 0 Å². The molecule has 0 heterocycles. The fraction of sp³-hybridized carbons (Fsp3) is 0.714. The van der Waals surface area contributed by atoms with Crippen LogP contribution in [0, 0.1) is 0 Å². The maximum atomic E-state index is 11.0. The summed E-state index contributed by atoms with van der Waals surface area (Å²) in [5.74, 6) is -1.28. The minimum atomic E-state index is -1.68. The lowest BCUT2D eigenvalue weighted by molar-refractivity contribution is -0.135. The fourth-order valence-electron chi connectivity index (χ4n) is 0.661. The summed E-state index contributed by atoms with van der Waals surface area (Å²) in [5.41, 5.74) is 0. The van der Waals surface area contributed by atoms with Crippen molar-refractivity contribution in [2.24, 2.45) is 0 Å². The highest BCUT2D eigenvalue weighted by atomic mass is 32.1. The SMILES string of the molecule is O=C(CS)NCC(=O)C(O)C(O)CO. The summed E-state index contributed by atoms with van der Waals surface area (Å²) >= 11 is 3.65. The lowest BCUT2D eigenvalue weighted by atomic mass is 10.1. The van der Waals surface area contributed by atoms with E-state index in [0.29, 0.717) is 0 Å². The molecule has 0 aliphatic carbocycles. The Bertz CT molecular complexity index is 210. The van der Waals surface area contributed by atoms with Gasteiger partial charge in [-0.3, -0.25) is 9.59 Å². The number of carbonyl (C=O) groups excluding carboxylic acids is 2. The molecular weight excluding hydrogens is 210 g/mol. The molecule has 14 heavy (non-hydrogen) atoms. The third kappa shape index (κ3) is 4.56. The molecule has 0 radical (unpaired) electrons. The Labute approximate surface area is 86.3 Å². The Morgan fingerprint density at radius 3 is 2.36 bits per heavy atom. The molecule has 0 spiro atoms. The molecule has 0 aromatic carbocycles. The maximum absolute atomic E-state index is 11.0. The van der Waals surface area contributed by atoms with Crippen LogP contribution in [0.4, 0.5) is 0 Å². The topological polar surface area (TPSA) is 107 Å². The van der Waals surface area contributed by atoms with Crippen LogP contribution in [0.5, 0.6) is 0 Å². The first-order valence-corrected chi connectivity index (χ1v) is 4.53. The number of nitrogens with one attached hydrogen (secondary N) is 1. The summed E-state index contributed by atoms with van der Waals surface area (Å²) in [7, 11) is 0. The van der Waals surface area contributed by atoms with Crippen LogP contribution in [0.25, 0.3) is 0 Å². The van der Waals surface area contributed by atoms with Crippen LogP contribution >= 0.6 is 12.6 Å². The Balaban J connectivity index is 3.90. The number of aliphatic hydroxyl groups excluding tert-OH is 3. The standard InChI is InChI=1S/C7H13NO5S/c9-2-5(11)7(13)4(10)1-8-6(12)3-14/h5,7,9,11,13-14H,1-3H2,(H,8,12). The summed E-state index contributed by atoms with van der Waals surface area (Å²) in [6, 6.07) is 0. The normalized spacial score (nSPS) is 14.6. The van der Waals surface area contributed by atoms with Crippen LogP contribution in [0.3, 0.4) is 0 Å². The van der Waals surface area contributed by atoms with E-state index in [-0.39, 0.29) is 5.75 Å². The quantitative estimate of drug-likeness (QED) is 0.315. The van der Waals surface area contributed by atoms with Gasteiger partial charge in [0.1, 0.15) is 12.2 Å². The van der Waals surface area contributed by atoms with Crippen molar-refractivity contribution in [2.45, 2.75) is 12.2 Å². The second kappa shape index (κ2) is 6.77. The van der Waals surface area contributed by atoms with Crippen molar-refractivity contribution in [2.75, 3.05) is 18.9 Å². The van der Waals surface area contributed by atoms with E-state index in [4.69, 9.17) is 15.3 Å². The summed E-state index contributed by atoms with van der Waals surface area (Å²) in [5, 5.41) is 28.5. The van der Waals surface area contributed by atoms with E-state index in [0.717, 1.165) is 0 Å². The van der Waals surface area contributed by atoms with Crippen LogP contribution in [-0.4, -0.2) is 58.1 Å². The molecule has 0 aliphatic rings. The van der Waals surface area contributed by atoms with E-state index in [1.54, 1.807) is 0 Å².